The van der Waals surface area contributed by atoms with Crippen LogP contribution in [0.2, 0.25) is 10.0 Å². The number of ether oxygens (including phenoxy) is 1. The molecule has 0 aliphatic heterocycles. The molecule has 2 aromatic rings. The number of nitrogens with zero attached hydrogens (tertiary/aromatic N) is 2. The maximum Gasteiger partial charge on any atom is 0.282 e. The van der Waals surface area contributed by atoms with Gasteiger partial charge in [0.15, 0.2) is 0 Å². The van der Waals surface area contributed by atoms with Crippen molar-refractivity contribution in [2.75, 3.05) is 6.54 Å². The van der Waals surface area contributed by atoms with Crippen LogP contribution in [0.1, 0.15) is 17.3 Å². The molecule has 7 nitrogen and oxygen atoms in total. The minimum atomic E-state index is -0.640. The Morgan fingerprint density at radius 3 is 2.78 bits per heavy atom. The van der Waals surface area contributed by atoms with Crippen LogP contribution in [0.25, 0.3) is 0 Å². The average molecular weight is 356 g/mol. The Labute approximate surface area is 141 Å². The van der Waals surface area contributed by atoms with Gasteiger partial charge in [-0.2, -0.15) is 0 Å². The van der Waals surface area contributed by atoms with Crippen molar-refractivity contribution in [3.63, 3.8) is 0 Å². The topological polar surface area (TPSA) is 94.4 Å². The Balaban J connectivity index is 2.40. The molecule has 1 aromatic heterocycles. The summed E-state index contributed by atoms with van der Waals surface area (Å²) in [6.45, 7) is 2.04. The SMILES string of the molecule is CCNC(=O)c1cc(Oc2nccc(Cl)c2Cl)ccc1[N+](=O)[O-]. The first-order valence-corrected chi connectivity index (χ1v) is 7.24. The van der Waals surface area contributed by atoms with Gasteiger partial charge < -0.3 is 10.1 Å². The summed E-state index contributed by atoms with van der Waals surface area (Å²) in [5.41, 5.74) is -0.444. The number of pyridine rings is 1. The quantitative estimate of drug-likeness (QED) is 0.649. The van der Waals surface area contributed by atoms with Crippen LogP contribution in [0.4, 0.5) is 5.69 Å². The molecule has 1 amide bonds. The summed E-state index contributed by atoms with van der Waals surface area (Å²) in [7, 11) is 0. The predicted molar refractivity (Wildman–Crippen MR) is 85.4 cm³/mol. The zero-order chi connectivity index (χ0) is 17.0. The molecule has 0 saturated heterocycles. The predicted octanol–water partition coefficient (Wildman–Crippen LogP) is 3.84. The highest BCUT2D eigenvalue weighted by atomic mass is 35.5. The van der Waals surface area contributed by atoms with Crippen LogP contribution >= 0.6 is 23.2 Å². The molecule has 0 aliphatic rings. The van der Waals surface area contributed by atoms with Gasteiger partial charge in [-0.1, -0.05) is 23.2 Å². The Morgan fingerprint density at radius 1 is 1.39 bits per heavy atom. The molecule has 1 heterocycles. The Kier molecular flexibility index (Phi) is 5.36. The van der Waals surface area contributed by atoms with Gasteiger partial charge >= 0.3 is 0 Å². The van der Waals surface area contributed by atoms with Crippen molar-refractivity contribution in [1.82, 2.24) is 10.3 Å². The summed E-state index contributed by atoms with van der Waals surface area (Å²) in [6, 6.07) is 5.27. The van der Waals surface area contributed by atoms with Gasteiger partial charge in [-0.25, -0.2) is 4.98 Å². The number of aromatic nitrogens is 1. The number of rotatable bonds is 5. The third-order valence-corrected chi connectivity index (χ3v) is 3.55. The molecule has 0 spiro atoms. The lowest BCUT2D eigenvalue weighted by atomic mass is 10.1. The monoisotopic (exact) mass is 355 g/mol. The largest absolute Gasteiger partial charge is 0.437 e. The van der Waals surface area contributed by atoms with Crippen LogP contribution in [0.5, 0.6) is 11.6 Å². The van der Waals surface area contributed by atoms with Crippen LogP contribution in [-0.2, 0) is 0 Å². The first-order valence-electron chi connectivity index (χ1n) is 6.48. The number of amides is 1. The number of halogens is 2. The van der Waals surface area contributed by atoms with Gasteiger partial charge in [-0.3, -0.25) is 14.9 Å². The minimum Gasteiger partial charge on any atom is -0.437 e. The van der Waals surface area contributed by atoms with Gasteiger partial charge in [0.05, 0.1) is 9.95 Å². The van der Waals surface area contributed by atoms with E-state index in [4.69, 9.17) is 27.9 Å². The number of nitrogens with one attached hydrogen (secondary N) is 1. The van der Waals surface area contributed by atoms with Crippen molar-refractivity contribution in [3.05, 3.63) is 56.2 Å². The number of carbonyl (C=O) groups is 1. The van der Waals surface area contributed by atoms with Crippen molar-refractivity contribution >= 4 is 34.8 Å². The lowest BCUT2D eigenvalue weighted by Crippen LogP contribution is -2.23. The molecule has 2 rings (SSSR count). The summed E-state index contributed by atoms with van der Waals surface area (Å²) < 4.78 is 5.46. The van der Waals surface area contributed by atoms with Gasteiger partial charge in [0.2, 0.25) is 5.88 Å². The lowest BCUT2D eigenvalue weighted by molar-refractivity contribution is -0.385. The molecule has 120 valence electrons. The molecule has 0 saturated carbocycles. The van der Waals surface area contributed by atoms with Crippen LogP contribution in [0.3, 0.4) is 0 Å². The third-order valence-electron chi connectivity index (χ3n) is 2.77. The smallest absolute Gasteiger partial charge is 0.282 e. The van der Waals surface area contributed by atoms with Crippen LogP contribution in [0, 0.1) is 10.1 Å². The number of hydrogen-bond donors (Lipinski definition) is 1. The van der Waals surface area contributed by atoms with Crippen molar-refractivity contribution in [2.24, 2.45) is 0 Å². The second-order valence-electron chi connectivity index (χ2n) is 4.31. The summed E-state index contributed by atoms with van der Waals surface area (Å²) in [4.78, 5) is 26.3. The number of nitro groups is 1. The van der Waals surface area contributed by atoms with E-state index in [1.807, 2.05) is 0 Å². The van der Waals surface area contributed by atoms with Gasteiger partial charge in [-0.15, -0.1) is 0 Å². The van der Waals surface area contributed by atoms with Crippen LogP contribution in [-0.4, -0.2) is 22.4 Å². The van der Waals surface area contributed by atoms with E-state index in [1.54, 1.807) is 6.92 Å². The standard InChI is InChI=1S/C14H11Cl2N3O4/c1-2-17-13(20)9-7-8(3-4-11(9)19(21)22)23-14-12(16)10(15)5-6-18-14/h3-7H,2H2,1H3,(H,17,20). The Hall–Kier alpha value is -2.38. The molecule has 23 heavy (non-hydrogen) atoms. The molecule has 9 heteroatoms. The maximum atomic E-state index is 12.0. The second-order valence-corrected chi connectivity index (χ2v) is 5.09. The first kappa shape index (κ1) is 17.0. The van der Waals surface area contributed by atoms with Crippen molar-refractivity contribution < 1.29 is 14.5 Å². The first-order chi connectivity index (χ1) is 10.9. The minimum absolute atomic E-state index is 0.0369. The fraction of sp³-hybridized carbons (Fsp3) is 0.143. The van der Waals surface area contributed by atoms with E-state index < -0.39 is 10.8 Å². The molecular formula is C14H11Cl2N3O4. The molecule has 0 atom stereocenters. The van der Waals surface area contributed by atoms with Gasteiger partial charge in [0, 0.05) is 24.9 Å². The number of carbonyl (C=O) groups excluding carboxylic acids is 1. The van der Waals surface area contributed by atoms with Crippen LogP contribution < -0.4 is 10.1 Å². The highest BCUT2D eigenvalue weighted by Crippen LogP contribution is 2.34. The lowest BCUT2D eigenvalue weighted by Gasteiger charge is -2.09. The zero-order valence-corrected chi connectivity index (χ0v) is 13.4. The highest BCUT2D eigenvalue weighted by molar-refractivity contribution is 6.42. The van der Waals surface area contributed by atoms with E-state index in [0.29, 0.717) is 6.54 Å². The van der Waals surface area contributed by atoms with Gasteiger partial charge in [0.1, 0.15) is 16.3 Å². The van der Waals surface area contributed by atoms with E-state index >= 15 is 0 Å². The van der Waals surface area contributed by atoms with Crippen LogP contribution in [0.15, 0.2) is 30.5 Å². The Morgan fingerprint density at radius 2 is 2.13 bits per heavy atom. The van der Waals surface area contributed by atoms with E-state index in [0.717, 1.165) is 0 Å². The van der Waals surface area contributed by atoms with Gasteiger partial charge in [-0.05, 0) is 19.1 Å². The fourth-order valence-corrected chi connectivity index (χ4v) is 2.05. The summed E-state index contributed by atoms with van der Waals surface area (Å²) in [5.74, 6) is -0.363. The molecular weight excluding hydrogens is 345 g/mol. The second kappa shape index (κ2) is 7.26. The Bertz CT molecular complexity index is 768. The highest BCUT2D eigenvalue weighted by Gasteiger charge is 2.21. The van der Waals surface area contributed by atoms with E-state index in [-0.39, 0.29) is 32.9 Å². The summed E-state index contributed by atoms with van der Waals surface area (Å²) in [5, 5.41) is 13.9. The molecule has 1 aromatic carbocycles. The zero-order valence-electron chi connectivity index (χ0n) is 11.9. The van der Waals surface area contributed by atoms with E-state index in [1.165, 1.54) is 30.5 Å². The van der Waals surface area contributed by atoms with E-state index in [2.05, 4.69) is 10.3 Å². The normalized spacial score (nSPS) is 10.2. The third kappa shape index (κ3) is 3.88. The number of hydrogen-bond acceptors (Lipinski definition) is 5. The number of benzene rings is 1. The average Bonchev–Trinajstić information content (AvgIpc) is 2.52. The molecule has 0 fully saturated rings. The van der Waals surface area contributed by atoms with Crippen molar-refractivity contribution in [3.8, 4) is 11.6 Å². The fourth-order valence-electron chi connectivity index (χ4n) is 1.76. The molecule has 0 unspecified atom stereocenters. The molecule has 0 radical (unpaired) electrons. The summed E-state index contributed by atoms with van der Waals surface area (Å²) in [6.07, 6.45) is 1.40. The number of nitro benzene ring substituents is 1. The summed E-state index contributed by atoms with van der Waals surface area (Å²) >= 11 is 11.8. The molecule has 0 aliphatic carbocycles. The maximum absolute atomic E-state index is 12.0. The van der Waals surface area contributed by atoms with Crippen molar-refractivity contribution in [2.45, 2.75) is 6.92 Å². The van der Waals surface area contributed by atoms with E-state index in [9.17, 15) is 14.9 Å². The van der Waals surface area contributed by atoms with Gasteiger partial charge in [0.25, 0.3) is 11.6 Å². The van der Waals surface area contributed by atoms with Crippen molar-refractivity contribution in [1.29, 1.82) is 0 Å². The molecule has 1 N–H and O–H groups in total. The molecule has 0 bridgehead atoms.